The highest BCUT2D eigenvalue weighted by Gasteiger charge is 2.41. The predicted octanol–water partition coefficient (Wildman–Crippen LogP) is 7.04. The van der Waals surface area contributed by atoms with E-state index in [0.29, 0.717) is 0 Å². The molecule has 0 aromatic heterocycles. The quantitative estimate of drug-likeness (QED) is 0.405. The molecular formula is C31H29N3S. The van der Waals surface area contributed by atoms with Crippen molar-refractivity contribution >= 4 is 28.7 Å². The molecule has 4 heteroatoms. The SMILES string of the molecule is Cc1ccc(C=C2CN(C)CC3=C2N=C2SC=C(c4ccccc4)N2C3c2ccc(C)cc2)cc1. The van der Waals surface area contributed by atoms with E-state index in [4.69, 9.17) is 4.99 Å². The van der Waals surface area contributed by atoms with Crippen LogP contribution in [0.5, 0.6) is 0 Å². The zero-order chi connectivity index (χ0) is 23.9. The van der Waals surface area contributed by atoms with E-state index >= 15 is 0 Å². The van der Waals surface area contributed by atoms with Gasteiger partial charge in [-0.3, -0.25) is 4.90 Å². The molecule has 0 aliphatic carbocycles. The lowest BCUT2D eigenvalue weighted by Gasteiger charge is -2.42. The lowest BCUT2D eigenvalue weighted by Crippen LogP contribution is -2.40. The first-order valence-corrected chi connectivity index (χ1v) is 13.0. The van der Waals surface area contributed by atoms with Gasteiger partial charge in [-0.1, -0.05) is 102 Å². The maximum atomic E-state index is 5.30. The third-order valence-corrected chi connectivity index (χ3v) is 7.75. The third kappa shape index (κ3) is 4.18. The molecule has 3 aromatic rings. The number of hydrogen-bond acceptors (Lipinski definition) is 4. The van der Waals surface area contributed by atoms with Gasteiger partial charge in [0.2, 0.25) is 0 Å². The molecule has 174 valence electrons. The highest BCUT2D eigenvalue weighted by Crippen LogP contribution is 2.49. The van der Waals surface area contributed by atoms with E-state index in [1.165, 1.54) is 44.7 Å². The molecule has 0 spiro atoms. The Labute approximate surface area is 212 Å². The van der Waals surface area contributed by atoms with Crippen LogP contribution in [0.25, 0.3) is 11.8 Å². The molecule has 0 saturated carbocycles. The van der Waals surface area contributed by atoms with Crippen molar-refractivity contribution in [2.45, 2.75) is 19.9 Å². The van der Waals surface area contributed by atoms with Gasteiger partial charge in [-0.15, -0.1) is 0 Å². The lowest BCUT2D eigenvalue weighted by atomic mass is 9.87. The molecule has 6 rings (SSSR count). The average molecular weight is 476 g/mol. The zero-order valence-corrected chi connectivity index (χ0v) is 21.2. The van der Waals surface area contributed by atoms with E-state index in [0.717, 1.165) is 24.0 Å². The second-order valence-corrected chi connectivity index (χ2v) is 10.5. The van der Waals surface area contributed by atoms with Crippen molar-refractivity contribution in [1.82, 2.24) is 9.80 Å². The van der Waals surface area contributed by atoms with Crippen molar-refractivity contribution in [2.75, 3.05) is 20.1 Å². The van der Waals surface area contributed by atoms with Crippen molar-refractivity contribution < 1.29 is 0 Å². The van der Waals surface area contributed by atoms with E-state index in [2.05, 4.69) is 121 Å². The Hall–Kier alpha value is -3.34. The summed E-state index contributed by atoms with van der Waals surface area (Å²) < 4.78 is 0. The number of benzene rings is 3. The fourth-order valence-corrected chi connectivity index (χ4v) is 6.08. The summed E-state index contributed by atoms with van der Waals surface area (Å²) in [7, 11) is 2.21. The number of aryl methyl sites for hydroxylation is 2. The molecule has 3 aliphatic rings. The highest BCUT2D eigenvalue weighted by atomic mass is 32.2. The lowest BCUT2D eigenvalue weighted by molar-refractivity contribution is 0.344. The van der Waals surface area contributed by atoms with E-state index in [9.17, 15) is 0 Å². The number of amidine groups is 1. The maximum Gasteiger partial charge on any atom is 0.174 e. The van der Waals surface area contributed by atoms with Crippen LogP contribution in [-0.2, 0) is 0 Å². The van der Waals surface area contributed by atoms with Gasteiger partial charge in [-0.05, 0) is 54.8 Å². The molecular weight excluding hydrogens is 446 g/mol. The Balaban J connectivity index is 1.51. The van der Waals surface area contributed by atoms with Gasteiger partial charge < -0.3 is 4.90 Å². The molecule has 3 aromatic carbocycles. The molecule has 0 radical (unpaired) electrons. The molecule has 3 heterocycles. The van der Waals surface area contributed by atoms with Crippen LogP contribution in [0.2, 0.25) is 0 Å². The number of rotatable bonds is 3. The number of fused-ring (bicyclic) bond motifs is 1. The molecule has 1 unspecified atom stereocenters. The maximum absolute atomic E-state index is 5.30. The van der Waals surface area contributed by atoms with Crippen LogP contribution < -0.4 is 0 Å². The fourth-order valence-electron chi connectivity index (χ4n) is 5.15. The molecule has 0 fully saturated rings. The molecule has 3 aliphatic heterocycles. The van der Waals surface area contributed by atoms with Crippen LogP contribution in [0, 0.1) is 13.8 Å². The molecule has 0 amide bonds. The van der Waals surface area contributed by atoms with Gasteiger partial charge in [0, 0.05) is 18.5 Å². The van der Waals surface area contributed by atoms with Crippen LogP contribution in [0.1, 0.15) is 33.9 Å². The van der Waals surface area contributed by atoms with Gasteiger partial charge in [0.1, 0.15) is 0 Å². The predicted molar refractivity (Wildman–Crippen MR) is 149 cm³/mol. The van der Waals surface area contributed by atoms with Crippen LogP contribution in [0.15, 0.2) is 106 Å². The second-order valence-electron chi connectivity index (χ2n) is 9.69. The summed E-state index contributed by atoms with van der Waals surface area (Å²) in [5.74, 6) is 0. The summed E-state index contributed by atoms with van der Waals surface area (Å²) in [5, 5.41) is 3.33. The number of nitrogens with zero attached hydrogens (tertiary/aromatic N) is 3. The minimum Gasteiger partial charge on any atom is -0.308 e. The summed E-state index contributed by atoms with van der Waals surface area (Å²) in [4.78, 5) is 10.2. The van der Waals surface area contributed by atoms with Crippen molar-refractivity contribution in [3.05, 3.63) is 129 Å². The van der Waals surface area contributed by atoms with Crippen LogP contribution in [0.4, 0.5) is 0 Å². The topological polar surface area (TPSA) is 18.8 Å². The van der Waals surface area contributed by atoms with Crippen molar-refractivity contribution in [2.24, 2.45) is 4.99 Å². The molecule has 0 bridgehead atoms. The molecule has 0 N–H and O–H groups in total. The van der Waals surface area contributed by atoms with E-state index in [-0.39, 0.29) is 6.04 Å². The number of thioether (sulfide) groups is 1. The summed E-state index contributed by atoms with van der Waals surface area (Å²) in [5.41, 5.74) is 11.4. The van der Waals surface area contributed by atoms with Gasteiger partial charge in [-0.2, -0.15) is 0 Å². The fraction of sp³-hybridized carbons (Fsp3) is 0.194. The van der Waals surface area contributed by atoms with Gasteiger partial charge in [0.15, 0.2) is 5.17 Å². The van der Waals surface area contributed by atoms with Crippen molar-refractivity contribution in [3.63, 3.8) is 0 Å². The normalized spacial score (nSPS) is 21.1. The zero-order valence-electron chi connectivity index (χ0n) is 20.4. The smallest absolute Gasteiger partial charge is 0.174 e. The van der Waals surface area contributed by atoms with Crippen LogP contribution in [-0.4, -0.2) is 35.1 Å². The van der Waals surface area contributed by atoms with Gasteiger partial charge in [-0.25, -0.2) is 4.99 Å². The summed E-state index contributed by atoms with van der Waals surface area (Å²) in [6.45, 7) is 6.08. The standard InChI is InChI=1S/C31H29N3S/c1-21-9-13-23(14-10-21)17-26-18-33(3)19-27-29(26)32-31-34(30(27)25-15-11-22(2)12-16-25)28(20-35-31)24-7-5-4-6-8-24/h4-17,20,30H,18-19H2,1-3H3. The van der Waals surface area contributed by atoms with Crippen molar-refractivity contribution in [3.8, 4) is 0 Å². The third-order valence-electron chi connectivity index (χ3n) is 6.91. The summed E-state index contributed by atoms with van der Waals surface area (Å²) in [6, 6.07) is 28.6. The largest absolute Gasteiger partial charge is 0.308 e. The van der Waals surface area contributed by atoms with Gasteiger partial charge >= 0.3 is 0 Å². The minimum absolute atomic E-state index is 0.115. The first-order valence-electron chi connectivity index (χ1n) is 12.1. The Morgan fingerprint density at radius 1 is 0.857 bits per heavy atom. The van der Waals surface area contributed by atoms with Crippen LogP contribution >= 0.6 is 11.8 Å². The molecule has 35 heavy (non-hydrogen) atoms. The van der Waals surface area contributed by atoms with Gasteiger partial charge in [0.05, 0.1) is 17.4 Å². The Morgan fingerprint density at radius 3 is 2.26 bits per heavy atom. The Kier molecular flexibility index (Phi) is 5.71. The number of hydrogen-bond donors (Lipinski definition) is 0. The first kappa shape index (κ1) is 22.1. The number of aliphatic imine (C=N–C) groups is 1. The van der Waals surface area contributed by atoms with Crippen molar-refractivity contribution in [1.29, 1.82) is 0 Å². The van der Waals surface area contributed by atoms with E-state index < -0.39 is 0 Å². The second kappa shape index (κ2) is 9.03. The Morgan fingerprint density at radius 2 is 1.54 bits per heavy atom. The van der Waals surface area contributed by atoms with Gasteiger partial charge in [0.25, 0.3) is 0 Å². The first-order chi connectivity index (χ1) is 17.1. The monoisotopic (exact) mass is 475 g/mol. The molecule has 3 nitrogen and oxygen atoms in total. The molecule has 1 atom stereocenters. The summed E-state index contributed by atoms with van der Waals surface area (Å²) in [6.07, 6.45) is 2.32. The van der Waals surface area contributed by atoms with E-state index in [1.807, 2.05) is 0 Å². The van der Waals surface area contributed by atoms with E-state index in [1.54, 1.807) is 11.8 Å². The van der Waals surface area contributed by atoms with Crippen LogP contribution in [0.3, 0.4) is 0 Å². The highest BCUT2D eigenvalue weighted by molar-refractivity contribution is 8.16. The average Bonchev–Trinajstić information content (AvgIpc) is 3.29. The Bertz CT molecular complexity index is 1380. The number of likely N-dealkylation sites (N-methyl/N-ethyl adjacent to an activating group) is 1. The minimum atomic E-state index is 0.115. The molecule has 0 saturated heterocycles. The summed E-state index contributed by atoms with van der Waals surface area (Å²) >= 11 is 1.74.